The minimum Gasteiger partial charge on any atom is -0.454 e. The summed E-state index contributed by atoms with van der Waals surface area (Å²) in [6, 6.07) is 18.1. The normalized spacial score (nSPS) is 24.7. The highest BCUT2D eigenvalue weighted by Gasteiger charge is 2.66. The second-order valence-electron chi connectivity index (χ2n) is 12.7. The summed E-state index contributed by atoms with van der Waals surface area (Å²) in [4.78, 5) is 60.3. The summed E-state index contributed by atoms with van der Waals surface area (Å²) in [6.45, 7) is 5.54. The molecule has 0 radical (unpaired) electrons. The number of aryl methyl sites for hydroxylation is 3. The summed E-state index contributed by atoms with van der Waals surface area (Å²) in [6.07, 6.45) is 1.55. The first kappa shape index (κ1) is 32.3. The van der Waals surface area contributed by atoms with Gasteiger partial charge >= 0.3 is 5.97 Å². The Bertz CT molecular complexity index is 1960. The number of fused-ring (bicyclic) bond motifs is 6. The molecule has 6 atom stereocenters. The number of alkyl halides is 2. The molecule has 4 aromatic rings. The monoisotopic (exact) mass is 820 g/mol. The summed E-state index contributed by atoms with van der Waals surface area (Å²) in [5.41, 5.74) is 6.22. The lowest BCUT2D eigenvalue weighted by Crippen LogP contribution is -2.37. The van der Waals surface area contributed by atoms with Gasteiger partial charge in [-0.1, -0.05) is 79.0 Å². The number of rotatable bonds is 7. The number of halogens is 3. The van der Waals surface area contributed by atoms with Crippen molar-refractivity contribution in [1.29, 1.82) is 0 Å². The maximum absolute atomic E-state index is 13.6. The zero-order valence-corrected chi connectivity index (χ0v) is 30.7. The number of hydrogen-bond donors (Lipinski definition) is 0. The molecule has 3 aromatic carbocycles. The van der Waals surface area contributed by atoms with Gasteiger partial charge in [0.15, 0.2) is 12.4 Å². The van der Waals surface area contributed by atoms with Crippen molar-refractivity contribution in [1.82, 2.24) is 4.98 Å². The van der Waals surface area contributed by atoms with E-state index in [1.807, 2.05) is 51.1 Å². The van der Waals surface area contributed by atoms with E-state index in [0.29, 0.717) is 45.4 Å². The first-order chi connectivity index (χ1) is 22.5. The van der Waals surface area contributed by atoms with Crippen LogP contribution in [-0.2, 0) is 20.7 Å². The average Bonchev–Trinajstić information content (AvgIpc) is 3.68. The summed E-state index contributed by atoms with van der Waals surface area (Å²) in [5, 5.41) is 0.616. The fourth-order valence-corrected chi connectivity index (χ4v) is 9.92. The lowest BCUT2D eigenvalue weighted by molar-refractivity contribution is -0.123. The van der Waals surface area contributed by atoms with Gasteiger partial charge in [0.1, 0.15) is 0 Å². The highest BCUT2D eigenvalue weighted by Crippen LogP contribution is 2.60. The first-order valence-electron chi connectivity index (χ1n) is 15.7. The summed E-state index contributed by atoms with van der Waals surface area (Å²) in [5.74, 6) is -1.49. The molecule has 0 N–H and O–H groups in total. The van der Waals surface area contributed by atoms with Gasteiger partial charge in [0, 0.05) is 30.6 Å². The molecule has 47 heavy (non-hydrogen) atoms. The van der Waals surface area contributed by atoms with Crippen LogP contribution in [0.3, 0.4) is 0 Å². The van der Waals surface area contributed by atoms with Crippen LogP contribution in [0.4, 0.5) is 5.69 Å². The largest absolute Gasteiger partial charge is 0.454 e. The van der Waals surface area contributed by atoms with Crippen LogP contribution in [0.5, 0.6) is 0 Å². The van der Waals surface area contributed by atoms with Crippen LogP contribution in [0.15, 0.2) is 65.1 Å². The third-order valence-corrected chi connectivity index (χ3v) is 13.8. The molecule has 1 aromatic heterocycles. The molecular weight excluding hydrogens is 792 g/mol. The molecule has 3 fully saturated rings. The maximum atomic E-state index is 13.6. The Labute approximate surface area is 297 Å². The number of Topliss-reactive ketones (excluding diaryl/α,β-unsaturated/α-hetero) is 1. The van der Waals surface area contributed by atoms with E-state index in [1.165, 1.54) is 4.90 Å². The fourth-order valence-electron chi connectivity index (χ4n) is 7.54. The Morgan fingerprint density at radius 1 is 0.894 bits per heavy atom. The molecule has 1 aliphatic heterocycles. The number of anilines is 1. The van der Waals surface area contributed by atoms with Crippen molar-refractivity contribution in [3.8, 4) is 11.3 Å². The second-order valence-corrected chi connectivity index (χ2v) is 15.8. The van der Waals surface area contributed by atoms with Crippen molar-refractivity contribution in [2.75, 3.05) is 11.5 Å². The molecule has 2 bridgehead atoms. The van der Waals surface area contributed by atoms with E-state index in [-0.39, 0.29) is 50.9 Å². The Kier molecular flexibility index (Phi) is 8.50. The Morgan fingerprint density at radius 2 is 1.55 bits per heavy atom. The molecule has 6 unspecified atom stereocenters. The highest BCUT2D eigenvalue weighted by molar-refractivity contribution is 9.12. The molecule has 10 heteroatoms. The van der Waals surface area contributed by atoms with Crippen LogP contribution in [0.25, 0.3) is 22.2 Å². The number of carbonyl (C=O) groups is 4. The van der Waals surface area contributed by atoms with Crippen LogP contribution in [0.1, 0.15) is 50.8 Å². The molecule has 2 heterocycles. The smallest absolute Gasteiger partial charge is 0.339 e. The molecule has 2 saturated carbocycles. The number of aromatic nitrogens is 1. The number of nitrogens with zero attached hydrogens (tertiary/aromatic N) is 2. The van der Waals surface area contributed by atoms with Crippen LogP contribution in [-0.4, -0.2) is 44.8 Å². The van der Waals surface area contributed by atoms with Gasteiger partial charge in [-0.3, -0.25) is 19.3 Å². The average molecular weight is 823 g/mol. The van der Waals surface area contributed by atoms with Gasteiger partial charge in [-0.15, -0.1) is 0 Å². The lowest BCUT2D eigenvalue weighted by atomic mass is 9.81. The lowest BCUT2D eigenvalue weighted by Gasteiger charge is -2.28. The molecular formula is C37H31Br3N2O5. The highest BCUT2D eigenvalue weighted by atomic mass is 79.9. The second kappa shape index (κ2) is 12.3. The number of benzene rings is 3. The number of carbonyl (C=O) groups excluding carboxylic acids is 4. The zero-order chi connectivity index (χ0) is 33.3. The molecule has 3 aliphatic rings. The van der Waals surface area contributed by atoms with Crippen molar-refractivity contribution >= 4 is 87.9 Å². The molecule has 0 spiro atoms. The topological polar surface area (TPSA) is 93.6 Å². The number of esters is 1. The van der Waals surface area contributed by atoms with E-state index in [4.69, 9.17) is 9.72 Å². The maximum Gasteiger partial charge on any atom is 0.339 e. The van der Waals surface area contributed by atoms with Crippen LogP contribution < -0.4 is 4.90 Å². The van der Waals surface area contributed by atoms with Gasteiger partial charge in [-0.25, -0.2) is 9.78 Å². The Balaban J connectivity index is 1.19. The predicted molar refractivity (Wildman–Crippen MR) is 191 cm³/mol. The molecule has 2 amide bonds. The van der Waals surface area contributed by atoms with Crippen LogP contribution in [0, 0.1) is 37.5 Å². The molecule has 2 aliphatic carbocycles. The van der Waals surface area contributed by atoms with Crippen molar-refractivity contribution in [3.63, 3.8) is 0 Å². The summed E-state index contributed by atoms with van der Waals surface area (Å²) in [7, 11) is 0. The van der Waals surface area contributed by atoms with E-state index < -0.39 is 12.6 Å². The van der Waals surface area contributed by atoms with Gasteiger partial charge in [0.25, 0.3) is 0 Å². The third kappa shape index (κ3) is 5.40. The minimum absolute atomic E-state index is 0.133. The molecule has 7 nitrogen and oxygen atoms in total. The van der Waals surface area contributed by atoms with Crippen LogP contribution >= 0.6 is 47.8 Å². The molecule has 7 rings (SSSR count). The number of ether oxygens (including phenoxy) is 1. The number of pyridine rings is 1. The fraction of sp³-hybridized carbons (Fsp3) is 0.324. The quantitative estimate of drug-likeness (QED) is 0.0809. The third-order valence-electron chi connectivity index (χ3n) is 10.1. The minimum atomic E-state index is -0.628. The van der Waals surface area contributed by atoms with Crippen molar-refractivity contribution in [2.24, 2.45) is 23.7 Å². The standard InChI is InChI=1S/C37H31Br3N2O5/c1-4-19-12-22(38)13-24-25(37(46)47-16-29(43)21-6-5-17(2)18(3)11-21)15-28(41-34(19)24)20-7-9-23(10-8-20)42-35(44)30-26-14-27(31(30)36(42)45)33(40)32(26)39/h5-13,15,26-27,30-33H,4,14,16H2,1-3H3. The summed E-state index contributed by atoms with van der Waals surface area (Å²) < 4.78 is 6.39. The number of ketones is 1. The number of imide groups is 1. The van der Waals surface area contributed by atoms with E-state index in [0.717, 1.165) is 27.6 Å². The number of hydrogen-bond acceptors (Lipinski definition) is 6. The van der Waals surface area contributed by atoms with Crippen molar-refractivity contribution < 1.29 is 23.9 Å². The van der Waals surface area contributed by atoms with E-state index >= 15 is 0 Å². The van der Waals surface area contributed by atoms with Gasteiger partial charge in [-0.05, 0) is 91.6 Å². The Morgan fingerprint density at radius 3 is 2.17 bits per heavy atom. The van der Waals surface area contributed by atoms with Gasteiger partial charge < -0.3 is 4.74 Å². The van der Waals surface area contributed by atoms with E-state index in [1.54, 1.807) is 30.3 Å². The Hall–Kier alpha value is -3.21. The van der Waals surface area contributed by atoms with Crippen molar-refractivity contribution in [3.05, 3.63) is 93.0 Å². The SMILES string of the molecule is CCc1cc(Br)cc2c(C(=O)OCC(=O)c3ccc(C)c(C)c3)cc(-c3ccc(N4C(=O)C5C6CC(C(Br)C6Br)C5C4=O)cc3)nc12. The molecule has 240 valence electrons. The van der Waals surface area contributed by atoms with Crippen LogP contribution in [0.2, 0.25) is 0 Å². The predicted octanol–water partition coefficient (Wildman–Crippen LogP) is 8.17. The van der Waals surface area contributed by atoms with Gasteiger partial charge in [0.2, 0.25) is 11.8 Å². The first-order valence-corrected chi connectivity index (χ1v) is 18.3. The zero-order valence-electron chi connectivity index (χ0n) is 25.9. The van der Waals surface area contributed by atoms with Gasteiger partial charge in [0.05, 0.1) is 34.3 Å². The van der Waals surface area contributed by atoms with Gasteiger partial charge in [-0.2, -0.15) is 0 Å². The summed E-state index contributed by atoms with van der Waals surface area (Å²) >= 11 is 11.1. The van der Waals surface area contributed by atoms with Crippen molar-refractivity contribution in [2.45, 2.75) is 43.3 Å². The molecule has 1 saturated heterocycles. The number of amides is 2. The van der Waals surface area contributed by atoms with E-state index in [9.17, 15) is 19.2 Å². The van der Waals surface area contributed by atoms with E-state index in [2.05, 4.69) is 47.8 Å².